The fraction of sp³-hybridized carbons (Fsp3) is 0.500. The van der Waals surface area contributed by atoms with Crippen molar-refractivity contribution in [3.8, 4) is 0 Å². The fourth-order valence-corrected chi connectivity index (χ4v) is 11.8. The van der Waals surface area contributed by atoms with Crippen LogP contribution >= 0.6 is 0 Å². The molecule has 4 heteroatoms. The fourth-order valence-electron chi connectivity index (χ4n) is 3.54. The van der Waals surface area contributed by atoms with Gasteiger partial charge in [-0.15, -0.1) is 0 Å². The van der Waals surface area contributed by atoms with Crippen molar-refractivity contribution in [2.24, 2.45) is 0 Å². The first-order valence-electron chi connectivity index (χ1n) is 10.4. The van der Waals surface area contributed by atoms with E-state index in [-0.39, 0.29) is 10.5 Å². The summed E-state index contributed by atoms with van der Waals surface area (Å²) in [6, 6.07) is 19.6. The molecule has 2 aromatic carbocycles. The smallest absolute Gasteiger partial charge is 0.0579 e. The van der Waals surface area contributed by atoms with Gasteiger partial charge in [-0.3, -0.25) is 4.21 Å². The summed E-state index contributed by atoms with van der Waals surface area (Å²) in [7, 11) is -3.69. The highest BCUT2D eigenvalue weighted by Crippen LogP contribution is 2.40. The van der Waals surface area contributed by atoms with Crippen LogP contribution < -0.4 is 0 Å². The minimum Gasteiger partial charge on any atom is -0.258 e. The molecule has 0 aromatic heterocycles. The summed E-state index contributed by atoms with van der Waals surface area (Å²) in [4.78, 5) is 0. The molecule has 0 unspecified atom stereocenters. The van der Waals surface area contributed by atoms with E-state index in [1.165, 1.54) is 22.3 Å². The van der Waals surface area contributed by atoms with Gasteiger partial charge in [-0.2, -0.15) is 0 Å². The molecule has 0 fully saturated rings. The summed E-state index contributed by atoms with van der Waals surface area (Å²) < 4.78 is 14.1. The standard InChI is InChI=1S/C24H38OSSi2/c1-19-9-13-21(14-10-19)23(17-27(3,4)5)26(25)24(18-28(6,7)8)22-15-11-20(2)12-16-22/h9-16,23-24H,17-18H2,1-8H3/t23-,24-/m0/s1. The van der Waals surface area contributed by atoms with Crippen LogP contribution in [0.3, 0.4) is 0 Å². The molecule has 154 valence electrons. The topological polar surface area (TPSA) is 17.1 Å². The van der Waals surface area contributed by atoms with Crippen LogP contribution in [0.4, 0.5) is 0 Å². The highest BCUT2D eigenvalue weighted by atomic mass is 32.2. The first-order chi connectivity index (χ1) is 12.9. The second-order valence-corrected chi connectivity index (χ2v) is 23.5. The molecule has 0 aliphatic carbocycles. The Labute approximate surface area is 177 Å². The maximum atomic E-state index is 14.1. The maximum absolute atomic E-state index is 14.1. The zero-order chi connectivity index (χ0) is 21.1. The van der Waals surface area contributed by atoms with Gasteiger partial charge in [0.15, 0.2) is 0 Å². The van der Waals surface area contributed by atoms with Gasteiger partial charge < -0.3 is 0 Å². The van der Waals surface area contributed by atoms with Crippen LogP contribution in [0.25, 0.3) is 0 Å². The molecule has 1 nitrogen and oxygen atoms in total. The molecule has 28 heavy (non-hydrogen) atoms. The van der Waals surface area contributed by atoms with Gasteiger partial charge >= 0.3 is 0 Å². The summed E-state index contributed by atoms with van der Waals surface area (Å²) in [5.41, 5.74) is 5.02. The molecule has 0 bridgehead atoms. The lowest BCUT2D eigenvalue weighted by Gasteiger charge is -2.31. The Hall–Kier alpha value is -0.976. The number of rotatable bonds is 8. The van der Waals surface area contributed by atoms with Gasteiger partial charge in [0.1, 0.15) is 0 Å². The minimum atomic E-state index is -1.38. The lowest BCUT2D eigenvalue weighted by molar-refractivity contribution is 0.666. The van der Waals surface area contributed by atoms with Gasteiger partial charge in [-0.05, 0) is 37.1 Å². The van der Waals surface area contributed by atoms with Crippen molar-refractivity contribution in [2.75, 3.05) is 0 Å². The third-order valence-corrected chi connectivity index (χ3v) is 10.9. The van der Waals surface area contributed by atoms with Crippen molar-refractivity contribution in [1.29, 1.82) is 0 Å². The van der Waals surface area contributed by atoms with Crippen LogP contribution in [0.15, 0.2) is 48.5 Å². The van der Waals surface area contributed by atoms with E-state index < -0.39 is 26.9 Å². The Morgan fingerprint density at radius 2 is 0.929 bits per heavy atom. The van der Waals surface area contributed by atoms with Crippen LogP contribution in [0.2, 0.25) is 51.4 Å². The molecule has 0 N–H and O–H groups in total. The third-order valence-electron chi connectivity index (χ3n) is 5.05. The average molecular weight is 431 g/mol. The Morgan fingerprint density at radius 1 is 0.643 bits per heavy atom. The Morgan fingerprint density at radius 3 is 1.18 bits per heavy atom. The lowest BCUT2D eigenvalue weighted by Crippen LogP contribution is -2.30. The van der Waals surface area contributed by atoms with Crippen LogP contribution in [0.5, 0.6) is 0 Å². The first kappa shape index (κ1) is 23.3. The maximum Gasteiger partial charge on any atom is 0.0579 e. The molecule has 0 saturated carbocycles. The van der Waals surface area contributed by atoms with E-state index in [0.29, 0.717) is 0 Å². The Balaban J connectivity index is 2.48. The Kier molecular flexibility index (Phi) is 7.68. The molecular formula is C24H38OSSi2. The number of hydrogen-bond acceptors (Lipinski definition) is 1. The minimum absolute atomic E-state index is 0.120. The van der Waals surface area contributed by atoms with E-state index in [1.807, 2.05) is 0 Å². The number of benzene rings is 2. The molecule has 2 rings (SSSR count). The van der Waals surface area contributed by atoms with Gasteiger partial charge in [0, 0.05) is 26.9 Å². The van der Waals surface area contributed by atoms with E-state index in [2.05, 4.69) is 102 Å². The van der Waals surface area contributed by atoms with Crippen molar-refractivity contribution in [3.05, 3.63) is 70.8 Å². The van der Waals surface area contributed by atoms with Crippen LogP contribution in [-0.2, 0) is 10.8 Å². The molecule has 0 spiro atoms. The highest BCUT2D eigenvalue weighted by molar-refractivity contribution is 7.85. The SMILES string of the molecule is Cc1ccc([C@H](C[Si](C)(C)C)S(=O)[C@@H](C[Si](C)(C)C)c2ccc(C)cc2)cc1. The first-order valence-corrected chi connectivity index (χ1v) is 19.1. The molecule has 0 amide bonds. The van der Waals surface area contributed by atoms with Crippen molar-refractivity contribution in [2.45, 2.75) is 75.7 Å². The molecule has 0 aliphatic heterocycles. The predicted molar refractivity (Wildman–Crippen MR) is 132 cm³/mol. The largest absolute Gasteiger partial charge is 0.258 e. The van der Waals surface area contributed by atoms with E-state index in [0.717, 1.165) is 12.1 Å². The zero-order valence-corrected chi connectivity index (χ0v) is 21.8. The molecule has 0 radical (unpaired) electrons. The summed E-state index contributed by atoms with van der Waals surface area (Å²) >= 11 is 0. The van der Waals surface area contributed by atoms with Gasteiger partial charge in [-0.25, -0.2) is 0 Å². The van der Waals surface area contributed by atoms with Crippen molar-refractivity contribution in [1.82, 2.24) is 0 Å². The van der Waals surface area contributed by atoms with Gasteiger partial charge in [-0.1, -0.05) is 98.9 Å². The number of hydrogen-bond donors (Lipinski definition) is 0. The zero-order valence-electron chi connectivity index (χ0n) is 19.0. The highest BCUT2D eigenvalue weighted by Gasteiger charge is 2.34. The van der Waals surface area contributed by atoms with Crippen molar-refractivity contribution < 1.29 is 4.21 Å². The lowest BCUT2D eigenvalue weighted by atomic mass is 10.1. The van der Waals surface area contributed by atoms with Crippen LogP contribution in [-0.4, -0.2) is 20.4 Å². The van der Waals surface area contributed by atoms with E-state index in [4.69, 9.17) is 0 Å². The molecule has 0 aliphatic rings. The summed E-state index contributed by atoms with van der Waals surface area (Å²) in [5, 5.41) is 0.241. The van der Waals surface area contributed by atoms with E-state index in [1.54, 1.807) is 0 Å². The quantitative estimate of drug-likeness (QED) is 0.396. The molecular weight excluding hydrogens is 393 g/mol. The second-order valence-electron chi connectivity index (χ2n) is 10.7. The van der Waals surface area contributed by atoms with E-state index in [9.17, 15) is 4.21 Å². The Bertz CT molecular complexity index is 716. The van der Waals surface area contributed by atoms with Crippen LogP contribution in [0.1, 0.15) is 32.8 Å². The second kappa shape index (κ2) is 9.23. The van der Waals surface area contributed by atoms with Gasteiger partial charge in [0.2, 0.25) is 0 Å². The summed E-state index contributed by atoms with van der Waals surface area (Å²) in [5.74, 6) is 0. The summed E-state index contributed by atoms with van der Waals surface area (Å²) in [6.45, 7) is 18.6. The third kappa shape index (κ3) is 7.12. The monoisotopic (exact) mass is 430 g/mol. The molecule has 2 atom stereocenters. The predicted octanol–water partition coefficient (Wildman–Crippen LogP) is 7.51. The van der Waals surface area contributed by atoms with Gasteiger partial charge in [0.25, 0.3) is 0 Å². The van der Waals surface area contributed by atoms with Crippen molar-refractivity contribution >= 4 is 26.9 Å². The molecule has 2 aromatic rings. The van der Waals surface area contributed by atoms with Crippen LogP contribution in [0, 0.1) is 13.8 Å². The van der Waals surface area contributed by atoms with E-state index >= 15 is 0 Å². The molecule has 0 heterocycles. The molecule has 0 saturated heterocycles. The summed E-state index contributed by atoms with van der Waals surface area (Å²) in [6.07, 6.45) is 0. The normalized spacial score (nSPS) is 14.9. The van der Waals surface area contributed by atoms with Gasteiger partial charge in [0.05, 0.1) is 10.5 Å². The number of aryl methyl sites for hydroxylation is 2. The average Bonchev–Trinajstić information content (AvgIpc) is 2.57. The van der Waals surface area contributed by atoms with Crippen molar-refractivity contribution in [3.63, 3.8) is 0 Å².